The quantitative estimate of drug-likeness (QED) is 0.685. The molecule has 15 heavy (non-hydrogen) atoms. The Bertz CT molecular complexity index is 285. The molecule has 0 aliphatic carbocycles. The number of hydrogen-bond donors (Lipinski definition) is 0. The molecule has 0 bridgehead atoms. The first kappa shape index (κ1) is 14.2. The Morgan fingerprint density at radius 1 is 1.20 bits per heavy atom. The molecule has 1 aromatic rings. The third-order valence-corrected chi connectivity index (χ3v) is 2.62. The van der Waals surface area contributed by atoms with Gasteiger partial charge in [0.2, 0.25) is 0 Å². The summed E-state index contributed by atoms with van der Waals surface area (Å²) in [5.74, 6) is 0.802. The van der Waals surface area contributed by atoms with Crippen LogP contribution in [0.2, 0.25) is 0 Å². The molecule has 0 amide bonds. The second kappa shape index (κ2) is 7.53. The molecule has 0 aliphatic rings. The van der Waals surface area contributed by atoms with Gasteiger partial charge in [0.05, 0.1) is 0 Å². The van der Waals surface area contributed by atoms with E-state index in [1.54, 1.807) is 0 Å². The van der Waals surface area contributed by atoms with Crippen LogP contribution in [-0.2, 0) is 0 Å². The minimum Gasteiger partial charge on any atom is -0.147 e. The maximum absolute atomic E-state index is 2.29. The predicted molar refractivity (Wildman–Crippen MR) is 71.5 cm³/mol. The van der Waals surface area contributed by atoms with Crippen LogP contribution in [-0.4, -0.2) is 0 Å². The van der Waals surface area contributed by atoms with Crippen LogP contribution in [0.5, 0.6) is 0 Å². The fourth-order valence-corrected chi connectivity index (χ4v) is 1.28. The van der Waals surface area contributed by atoms with E-state index < -0.39 is 0 Å². The van der Waals surface area contributed by atoms with Crippen molar-refractivity contribution in [1.82, 2.24) is 0 Å². The van der Waals surface area contributed by atoms with Crippen molar-refractivity contribution in [3.8, 4) is 0 Å². The largest absolute Gasteiger partial charge is 0.147 e. The van der Waals surface area contributed by atoms with Gasteiger partial charge in [-0.1, -0.05) is 62.2 Å². The smallest absolute Gasteiger partial charge is 0.0260 e. The van der Waals surface area contributed by atoms with E-state index in [1.165, 1.54) is 24.0 Å². The highest BCUT2D eigenvalue weighted by molar-refractivity contribution is 5.85. The highest BCUT2D eigenvalue weighted by atomic mass is 35.5. The van der Waals surface area contributed by atoms with Gasteiger partial charge in [-0.25, -0.2) is 0 Å². The van der Waals surface area contributed by atoms with Gasteiger partial charge in [-0.3, -0.25) is 0 Å². The molecule has 0 radical (unpaired) electrons. The number of hydrogen-bond acceptors (Lipinski definition) is 0. The third-order valence-electron chi connectivity index (χ3n) is 2.62. The van der Waals surface area contributed by atoms with Crippen molar-refractivity contribution in [1.29, 1.82) is 0 Å². The first-order chi connectivity index (χ1) is 6.72. The zero-order chi connectivity index (χ0) is 10.4. The second-order valence-electron chi connectivity index (χ2n) is 4.06. The van der Waals surface area contributed by atoms with Gasteiger partial charge < -0.3 is 0 Å². The van der Waals surface area contributed by atoms with Crippen molar-refractivity contribution in [2.24, 2.45) is 5.92 Å². The lowest BCUT2D eigenvalue weighted by molar-refractivity contribution is 0.573. The molecule has 1 unspecified atom stereocenters. The van der Waals surface area contributed by atoms with Crippen LogP contribution in [0.4, 0.5) is 0 Å². The molecule has 1 aromatic carbocycles. The van der Waals surface area contributed by atoms with E-state index in [0.717, 1.165) is 5.92 Å². The normalized spacial score (nSPS) is 12.5. The molecule has 84 valence electrons. The standard InChI is InChI=1S/C14H20.ClH/c1-4-12(2)6-5-7-14-10-8-13(3)9-11-14;/h5,7-12H,4,6H2,1-3H3;1H. The summed E-state index contributed by atoms with van der Waals surface area (Å²) in [7, 11) is 0. The number of aryl methyl sites for hydroxylation is 1. The van der Waals surface area contributed by atoms with Crippen molar-refractivity contribution < 1.29 is 0 Å². The molecule has 0 heterocycles. The fraction of sp³-hybridized carbons (Fsp3) is 0.429. The van der Waals surface area contributed by atoms with Crippen LogP contribution in [0.3, 0.4) is 0 Å². The summed E-state index contributed by atoms with van der Waals surface area (Å²) in [6.07, 6.45) is 6.94. The molecule has 1 heteroatoms. The molecule has 0 saturated carbocycles. The number of benzene rings is 1. The van der Waals surface area contributed by atoms with E-state index in [4.69, 9.17) is 0 Å². The Hall–Kier alpha value is -0.750. The molecular weight excluding hydrogens is 204 g/mol. The number of rotatable bonds is 4. The second-order valence-corrected chi connectivity index (χ2v) is 4.06. The van der Waals surface area contributed by atoms with Crippen LogP contribution >= 0.6 is 12.4 Å². The Morgan fingerprint density at radius 2 is 1.80 bits per heavy atom. The summed E-state index contributed by atoms with van der Waals surface area (Å²) in [5.41, 5.74) is 2.63. The topological polar surface area (TPSA) is 0 Å². The van der Waals surface area contributed by atoms with Gasteiger partial charge in [-0.2, -0.15) is 0 Å². The Kier molecular flexibility index (Phi) is 7.15. The van der Waals surface area contributed by atoms with Crippen LogP contribution in [0.15, 0.2) is 30.3 Å². The first-order valence-electron chi connectivity index (χ1n) is 5.45. The third kappa shape index (κ3) is 5.64. The lowest BCUT2D eigenvalue weighted by atomic mass is 10.0. The zero-order valence-corrected chi connectivity index (χ0v) is 10.7. The van der Waals surface area contributed by atoms with Gasteiger partial charge in [0.25, 0.3) is 0 Å². The Morgan fingerprint density at radius 3 is 2.33 bits per heavy atom. The van der Waals surface area contributed by atoms with Crippen LogP contribution < -0.4 is 0 Å². The van der Waals surface area contributed by atoms with Gasteiger partial charge in [0.1, 0.15) is 0 Å². The van der Waals surface area contributed by atoms with E-state index >= 15 is 0 Å². The van der Waals surface area contributed by atoms with E-state index in [1.807, 2.05) is 0 Å². The van der Waals surface area contributed by atoms with Gasteiger partial charge in [-0.05, 0) is 24.8 Å². The molecule has 0 aromatic heterocycles. The Labute approximate surface area is 99.8 Å². The van der Waals surface area contributed by atoms with Gasteiger partial charge in [-0.15, -0.1) is 12.4 Å². The molecule has 0 saturated heterocycles. The SMILES string of the molecule is CCC(C)CC=Cc1ccc(C)cc1.Cl. The van der Waals surface area contributed by atoms with Gasteiger partial charge in [0.15, 0.2) is 0 Å². The molecular formula is C14H21Cl. The first-order valence-corrected chi connectivity index (χ1v) is 5.45. The maximum Gasteiger partial charge on any atom is -0.0260 e. The van der Waals surface area contributed by atoms with E-state index in [-0.39, 0.29) is 12.4 Å². The average molecular weight is 225 g/mol. The Balaban J connectivity index is 0.00000196. The highest BCUT2D eigenvalue weighted by Gasteiger charge is 1.93. The van der Waals surface area contributed by atoms with Crippen LogP contribution in [0.25, 0.3) is 6.08 Å². The van der Waals surface area contributed by atoms with E-state index in [9.17, 15) is 0 Å². The lowest BCUT2D eigenvalue weighted by Gasteiger charge is -2.02. The molecule has 0 N–H and O–H groups in total. The summed E-state index contributed by atoms with van der Waals surface area (Å²) in [6, 6.07) is 8.65. The fourth-order valence-electron chi connectivity index (χ4n) is 1.28. The lowest BCUT2D eigenvalue weighted by Crippen LogP contribution is -1.87. The average Bonchev–Trinajstić information content (AvgIpc) is 2.21. The van der Waals surface area contributed by atoms with Crippen LogP contribution in [0.1, 0.15) is 37.8 Å². The van der Waals surface area contributed by atoms with Crippen molar-refractivity contribution in [3.05, 3.63) is 41.5 Å². The minimum absolute atomic E-state index is 0. The van der Waals surface area contributed by atoms with Crippen molar-refractivity contribution in [2.75, 3.05) is 0 Å². The zero-order valence-electron chi connectivity index (χ0n) is 9.86. The molecule has 0 nitrogen and oxygen atoms in total. The molecule has 1 atom stereocenters. The summed E-state index contributed by atoms with van der Waals surface area (Å²) in [6.45, 7) is 6.65. The summed E-state index contributed by atoms with van der Waals surface area (Å²) in [5, 5.41) is 0. The van der Waals surface area contributed by atoms with Crippen molar-refractivity contribution >= 4 is 18.5 Å². The monoisotopic (exact) mass is 224 g/mol. The predicted octanol–water partition coefficient (Wildman–Crippen LogP) is 4.87. The molecule has 0 fully saturated rings. The van der Waals surface area contributed by atoms with Gasteiger partial charge in [0, 0.05) is 0 Å². The van der Waals surface area contributed by atoms with Crippen molar-refractivity contribution in [2.45, 2.75) is 33.6 Å². The number of allylic oxidation sites excluding steroid dienone is 1. The molecule has 0 aliphatic heterocycles. The minimum atomic E-state index is 0. The number of halogens is 1. The molecule has 1 rings (SSSR count). The van der Waals surface area contributed by atoms with E-state index in [0.29, 0.717) is 0 Å². The van der Waals surface area contributed by atoms with Gasteiger partial charge >= 0.3 is 0 Å². The van der Waals surface area contributed by atoms with Crippen molar-refractivity contribution in [3.63, 3.8) is 0 Å². The maximum atomic E-state index is 2.29. The van der Waals surface area contributed by atoms with E-state index in [2.05, 4.69) is 57.2 Å². The highest BCUT2D eigenvalue weighted by Crippen LogP contribution is 2.10. The van der Waals surface area contributed by atoms with Crippen LogP contribution in [0, 0.1) is 12.8 Å². The summed E-state index contributed by atoms with van der Waals surface area (Å²) >= 11 is 0. The summed E-state index contributed by atoms with van der Waals surface area (Å²) in [4.78, 5) is 0. The summed E-state index contributed by atoms with van der Waals surface area (Å²) < 4.78 is 0. The molecule has 0 spiro atoms.